The van der Waals surface area contributed by atoms with Crippen molar-refractivity contribution < 1.29 is 4.79 Å². The van der Waals surface area contributed by atoms with E-state index < -0.39 is 0 Å². The van der Waals surface area contributed by atoms with E-state index in [-0.39, 0.29) is 18.0 Å². The SMILES string of the molecule is C/C(=C\C(=O)NCc1cc2cc(C)c(C)cc2[nH]c1=O)c1ccccc1. The number of amides is 1. The Morgan fingerprint density at radius 2 is 1.77 bits per heavy atom. The quantitative estimate of drug-likeness (QED) is 0.705. The zero-order valence-corrected chi connectivity index (χ0v) is 15.2. The number of carbonyl (C=O) groups excluding carboxylic acids is 1. The van der Waals surface area contributed by atoms with Crippen LogP contribution in [0, 0.1) is 13.8 Å². The largest absolute Gasteiger partial charge is 0.348 e. The molecule has 3 aromatic rings. The molecule has 0 aliphatic rings. The Hall–Kier alpha value is -3.14. The van der Waals surface area contributed by atoms with Crippen molar-refractivity contribution >= 4 is 22.4 Å². The third-order valence-electron chi connectivity index (χ3n) is 4.57. The Labute approximate surface area is 152 Å². The second-order valence-corrected chi connectivity index (χ2v) is 6.56. The van der Waals surface area contributed by atoms with Crippen LogP contribution in [0.3, 0.4) is 0 Å². The van der Waals surface area contributed by atoms with E-state index in [1.165, 1.54) is 5.56 Å². The molecule has 26 heavy (non-hydrogen) atoms. The summed E-state index contributed by atoms with van der Waals surface area (Å²) in [7, 11) is 0. The average Bonchev–Trinajstić information content (AvgIpc) is 2.62. The first-order chi connectivity index (χ1) is 12.4. The molecule has 0 spiro atoms. The predicted molar refractivity (Wildman–Crippen MR) is 106 cm³/mol. The molecule has 0 radical (unpaired) electrons. The highest BCUT2D eigenvalue weighted by molar-refractivity contribution is 5.94. The van der Waals surface area contributed by atoms with Gasteiger partial charge in [0.2, 0.25) is 5.91 Å². The molecule has 0 saturated heterocycles. The lowest BCUT2D eigenvalue weighted by atomic mass is 10.0. The van der Waals surface area contributed by atoms with Crippen LogP contribution in [0.2, 0.25) is 0 Å². The van der Waals surface area contributed by atoms with E-state index >= 15 is 0 Å². The second kappa shape index (κ2) is 7.40. The molecule has 0 saturated carbocycles. The summed E-state index contributed by atoms with van der Waals surface area (Å²) in [6.45, 7) is 6.14. The van der Waals surface area contributed by atoms with Gasteiger partial charge in [-0.3, -0.25) is 9.59 Å². The van der Waals surface area contributed by atoms with Crippen LogP contribution in [0.5, 0.6) is 0 Å². The minimum Gasteiger partial charge on any atom is -0.348 e. The Bertz CT molecular complexity index is 1050. The molecule has 132 valence electrons. The third kappa shape index (κ3) is 3.91. The summed E-state index contributed by atoms with van der Waals surface area (Å²) in [6, 6.07) is 15.6. The number of hydrogen-bond acceptors (Lipinski definition) is 2. The molecule has 1 aromatic heterocycles. The number of aromatic amines is 1. The van der Waals surface area contributed by atoms with E-state index in [4.69, 9.17) is 0 Å². The fraction of sp³-hybridized carbons (Fsp3) is 0.182. The Kier molecular flexibility index (Phi) is 5.03. The summed E-state index contributed by atoms with van der Waals surface area (Å²) in [6.07, 6.45) is 1.55. The molecule has 0 bridgehead atoms. The molecule has 0 atom stereocenters. The number of aryl methyl sites for hydroxylation is 2. The van der Waals surface area contributed by atoms with Crippen LogP contribution in [0.1, 0.15) is 29.2 Å². The molecule has 0 aliphatic heterocycles. The lowest BCUT2D eigenvalue weighted by Gasteiger charge is -2.07. The number of hydrogen-bond donors (Lipinski definition) is 2. The van der Waals surface area contributed by atoms with E-state index in [1.54, 1.807) is 6.08 Å². The van der Waals surface area contributed by atoms with Gasteiger partial charge >= 0.3 is 0 Å². The zero-order chi connectivity index (χ0) is 18.7. The summed E-state index contributed by atoms with van der Waals surface area (Å²) >= 11 is 0. The highest BCUT2D eigenvalue weighted by atomic mass is 16.1. The number of benzene rings is 2. The minimum atomic E-state index is -0.217. The molecule has 0 fully saturated rings. The van der Waals surface area contributed by atoms with Gasteiger partial charge in [-0.2, -0.15) is 0 Å². The van der Waals surface area contributed by atoms with Crippen molar-refractivity contribution in [2.45, 2.75) is 27.3 Å². The Morgan fingerprint density at radius 1 is 1.08 bits per heavy atom. The van der Waals surface area contributed by atoms with Crippen molar-refractivity contribution in [3.8, 4) is 0 Å². The summed E-state index contributed by atoms with van der Waals surface area (Å²) in [4.78, 5) is 27.3. The summed E-state index contributed by atoms with van der Waals surface area (Å²) in [5.41, 5.74) is 5.35. The minimum absolute atomic E-state index is 0.176. The van der Waals surface area contributed by atoms with Crippen LogP contribution in [0.25, 0.3) is 16.5 Å². The van der Waals surface area contributed by atoms with Gasteiger partial charge in [-0.05, 0) is 66.6 Å². The van der Waals surface area contributed by atoms with Gasteiger partial charge in [-0.15, -0.1) is 0 Å². The summed E-state index contributed by atoms with van der Waals surface area (Å²) < 4.78 is 0. The van der Waals surface area contributed by atoms with Crippen LogP contribution in [0.15, 0.2) is 59.4 Å². The van der Waals surface area contributed by atoms with E-state index in [2.05, 4.69) is 10.3 Å². The average molecular weight is 346 g/mol. The van der Waals surface area contributed by atoms with Gasteiger partial charge in [0.05, 0.1) is 0 Å². The van der Waals surface area contributed by atoms with Gasteiger partial charge in [0, 0.05) is 23.7 Å². The van der Waals surface area contributed by atoms with Gasteiger partial charge in [-0.1, -0.05) is 30.3 Å². The Balaban J connectivity index is 1.77. The van der Waals surface area contributed by atoms with Crippen LogP contribution < -0.4 is 10.9 Å². The Morgan fingerprint density at radius 3 is 2.50 bits per heavy atom. The summed E-state index contributed by atoms with van der Waals surface area (Å²) in [5, 5.41) is 3.76. The van der Waals surface area contributed by atoms with Gasteiger partial charge in [0.25, 0.3) is 5.56 Å². The second-order valence-electron chi connectivity index (χ2n) is 6.56. The molecule has 1 heterocycles. The molecular weight excluding hydrogens is 324 g/mol. The number of carbonyl (C=O) groups is 1. The van der Waals surface area contributed by atoms with Crippen LogP contribution >= 0.6 is 0 Å². The smallest absolute Gasteiger partial charge is 0.253 e. The number of allylic oxidation sites excluding steroid dienone is 1. The number of rotatable bonds is 4. The van der Waals surface area contributed by atoms with Crippen LogP contribution in [0.4, 0.5) is 0 Å². The first-order valence-electron chi connectivity index (χ1n) is 8.59. The topological polar surface area (TPSA) is 62.0 Å². The molecule has 3 rings (SSSR count). The maximum Gasteiger partial charge on any atom is 0.253 e. The molecule has 0 aliphatic carbocycles. The van der Waals surface area contributed by atoms with E-state index in [0.717, 1.165) is 27.6 Å². The molecule has 4 heteroatoms. The van der Waals surface area contributed by atoms with Crippen molar-refractivity contribution in [1.82, 2.24) is 10.3 Å². The van der Waals surface area contributed by atoms with E-state index in [9.17, 15) is 9.59 Å². The highest BCUT2D eigenvalue weighted by Gasteiger charge is 2.07. The fourth-order valence-corrected chi connectivity index (χ4v) is 2.87. The zero-order valence-electron chi connectivity index (χ0n) is 15.2. The van der Waals surface area contributed by atoms with Crippen molar-refractivity contribution in [1.29, 1.82) is 0 Å². The van der Waals surface area contributed by atoms with Crippen molar-refractivity contribution in [2.75, 3.05) is 0 Å². The first kappa shape index (κ1) is 17.7. The molecule has 2 aromatic carbocycles. The standard InChI is InChI=1S/C22H22N2O2/c1-14-9-18-12-19(22(26)24-20(18)10-15(14)2)13-23-21(25)11-16(3)17-7-5-4-6-8-17/h4-12H,13H2,1-3H3,(H,23,25)(H,24,26)/b16-11+. The molecular formula is C22H22N2O2. The van der Waals surface area contributed by atoms with Gasteiger partial charge in [-0.25, -0.2) is 0 Å². The van der Waals surface area contributed by atoms with Gasteiger partial charge in [0.15, 0.2) is 0 Å². The summed E-state index contributed by atoms with van der Waals surface area (Å²) in [5.74, 6) is -0.217. The molecule has 0 unspecified atom stereocenters. The van der Waals surface area contributed by atoms with E-state index in [0.29, 0.717) is 5.56 Å². The third-order valence-corrected chi connectivity index (χ3v) is 4.57. The normalized spacial score (nSPS) is 11.6. The number of aromatic nitrogens is 1. The lowest BCUT2D eigenvalue weighted by molar-refractivity contribution is -0.116. The monoisotopic (exact) mass is 346 g/mol. The fourth-order valence-electron chi connectivity index (χ4n) is 2.87. The number of H-pyrrole nitrogens is 1. The van der Waals surface area contributed by atoms with Gasteiger partial charge in [0.1, 0.15) is 0 Å². The van der Waals surface area contributed by atoms with Crippen molar-refractivity contribution in [3.63, 3.8) is 0 Å². The predicted octanol–water partition coefficient (Wildman–Crippen LogP) is 3.86. The maximum absolute atomic E-state index is 12.3. The maximum atomic E-state index is 12.3. The molecule has 2 N–H and O–H groups in total. The molecule has 1 amide bonds. The van der Waals surface area contributed by atoms with Gasteiger partial charge < -0.3 is 10.3 Å². The highest BCUT2D eigenvalue weighted by Crippen LogP contribution is 2.17. The van der Waals surface area contributed by atoms with Crippen LogP contribution in [-0.2, 0) is 11.3 Å². The van der Waals surface area contributed by atoms with Crippen LogP contribution in [-0.4, -0.2) is 10.9 Å². The number of nitrogens with one attached hydrogen (secondary N) is 2. The number of pyridine rings is 1. The molecule has 4 nitrogen and oxygen atoms in total. The van der Waals surface area contributed by atoms with Crippen molar-refractivity contribution in [3.05, 3.63) is 87.2 Å². The lowest BCUT2D eigenvalue weighted by Crippen LogP contribution is -2.25. The number of fused-ring (bicyclic) bond motifs is 1. The first-order valence-corrected chi connectivity index (χ1v) is 8.59. The van der Waals surface area contributed by atoms with Crippen molar-refractivity contribution in [2.24, 2.45) is 0 Å². The van der Waals surface area contributed by atoms with E-state index in [1.807, 2.05) is 69.3 Å².